The number of thiophene rings is 1. The molecule has 1 aromatic rings. The van der Waals surface area contributed by atoms with Gasteiger partial charge in [-0.2, -0.15) is 0 Å². The van der Waals surface area contributed by atoms with Crippen molar-refractivity contribution in [3.05, 3.63) is 21.3 Å². The van der Waals surface area contributed by atoms with Gasteiger partial charge in [-0.3, -0.25) is 4.79 Å². The number of aliphatic hydroxyl groups excluding tert-OH is 1. The van der Waals surface area contributed by atoms with Gasteiger partial charge in [0, 0.05) is 11.3 Å². The molecule has 1 aromatic heterocycles. The van der Waals surface area contributed by atoms with Crippen LogP contribution in [0, 0.1) is 5.92 Å². The number of halogens is 1. The normalized spacial score (nSPS) is 13.2. The average Bonchev–Trinajstić information content (AvgIpc) is 2.49. The van der Waals surface area contributed by atoms with E-state index in [-0.39, 0.29) is 18.1 Å². The van der Waals surface area contributed by atoms with Gasteiger partial charge in [0.05, 0.1) is 4.34 Å². The largest absolute Gasteiger partial charge is 0.385 e. The molecule has 1 atom stereocenters. The molecule has 1 rings (SSSR count). The fourth-order valence-corrected chi connectivity index (χ4v) is 2.19. The third-order valence-corrected chi connectivity index (χ3v) is 3.17. The summed E-state index contributed by atoms with van der Waals surface area (Å²) in [5.41, 5.74) is 0. The molecule has 0 aliphatic rings. The van der Waals surface area contributed by atoms with Gasteiger partial charge in [-0.05, 0) is 18.1 Å². The highest BCUT2D eigenvalue weighted by molar-refractivity contribution is 7.16. The lowest BCUT2D eigenvalue weighted by atomic mass is 10.0. The summed E-state index contributed by atoms with van der Waals surface area (Å²) in [5.74, 6) is -0.170. The van der Waals surface area contributed by atoms with E-state index in [0.717, 1.165) is 4.88 Å². The van der Waals surface area contributed by atoms with E-state index in [2.05, 4.69) is 0 Å². The van der Waals surface area contributed by atoms with Crippen LogP contribution in [0.5, 0.6) is 0 Å². The second kappa shape index (κ2) is 4.91. The van der Waals surface area contributed by atoms with E-state index in [1.807, 2.05) is 19.9 Å². The van der Waals surface area contributed by atoms with E-state index < -0.39 is 6.10 Å². The Morgan fingerprint density at radius 1 is 1.57 bits per heavy atom. The van der Waals surface area contributed by atoms with E-state index >= 15 is 0 Å². The van der Waals surface area contributed by atoms with Gasteiger partial charge in [-0.25, -0.2) is 0 Å². The predicted molar refractivity (Wildman–Crippen MR) is 58.9 cm³/mol. The molecule has 0 spiro atoms. The Labute approximate surface area is 92.5 Å². The monoisotopic (exact) mass is 232 g/mol. The second-order valence-electron chi connectivity index (χ2n) is 3.54. The van der Waals surface area contributed by atoms with E-state index in [1.54, 1.807) is 6.07 Å². The highest BCUT2D eigenvalue weighted by Gasteiger charge is 2.19. The Kier molecular flexibility index (Phi) is 4.11. The Morgan fingerprint density at radius 2 is 2.21 bits per heavy atom. The molecule has 0 fully saturated rings. The van der Waals surface area contributed by atoms with Gasteiger partial charge >= 0.3 is 0 Å². The fraction of sp³-hybridized carbons (Fsp3) is 0.500. The van der Waals surface area contributed by atoms with Crippen molar-refractivity contribution in [2.45, 2.75) is 26.4 Å². The summed E-state index contributed by atoms with van der Waals surface area (Å²) in [6.45, 7) is 3.65. The maximum absolute atomic E-state index is 11.5. The Balaban J connectivity index is 2.57. The summed E-state index contributed by atoms with van der Waals surface area (Å²) in [5, 5.41) is 9.49. The molecule has 4 heteroatoms. The van der Waals surface area contributed by atoms with E-state index in [1.165, 1.54) is 11.3 Å². The summed E-state index contributed by atoms with van der Waals surface area (Å²) >= 11 is 7.11. The molecule has 0 saturated heterocycles. The molecule has 0 bridgehead atoms. The van der Waals surface area contributed by atoms with E-state index in [0.29, 0.717) is 4.34 Å². The number of carbonyl (C=O) groups excluding carboxylic acids is 1. The highest BCUT2D eigenvalue weighted by Crippen LogP contribution is 2.22. The first-order valence-corrected chi connectivity index (χ1v) is 5.65. The Hall–Kier alpha value is -0.380. The van der Waals surface area contributed by atoms with Crippen molar-refractivity contribution in [1.82, 2.24) is 0 Å². The van der Waals surface area contributed by atoms with Crippen LogP contribution in [0.1, 0.15) is 18.7 Å². The number of Topliss-reactive ketones (excluding diaryl/α,β-unsaturated/α-hetero) is 1. The summed E-state index contributed by atoms with van der Waals surface area (Å²) in [6, 6.07) is 3.58. The second-order valence-corrected chi connectivity index (χ2v) is 5.34. The molecule has 0 aliphatic heterocycles. The van der Waals surface area contributed by atoms with Crippen LogP contribution in [0.4, 0.5) is 0 Å². The maximum atomic E-state index is 11.5. The quantitative estimate of drug-likeness (QED) is 0.866. The lowest BCUT2D eigenvalue weighted by Crippen LogP contribution is -2.27. The zero-order chi connectivity index (χ0) is 10.7. The molecule has 14 heavy (non-hydrogen) atoms. The SMILES string of the molecule is CC(C)C(O)C(=O)Cc1ccc(Cl)s1. The lowest BCUT2D eigenvalue weighted by molar-refractivity contribution is -0.128. The number of hydrogen-bond donors (Lipinski definition) is 1. The molecule has 1 unspecified atom stereocenters. The van der Waals surface area contributed by atoms with Crippen LogP contribution in [0.25, 0.3) is 0 Å². The average molecular weight is 233 g/mol. The molecular formula is C10H13ClO2S. The fourth-order valence-electron chi connectivity index (χ4n) is 1.09. The number of rotatable bonds is 4. The van der Waals surface area contributed by atoms with Gasteiger partial charge in [0.25, 0.3) is 0 Å². The van der Waals surface area contributed by atoms with Gasteiger partial charge in [0.1, 0.15) is 6.10 Å². The van der Waals surface area contributed by atoms with Crippen LogP contribution in [0.2, 0.25) is 4.34 Å². The van der Waals surface area contributed by atoms with Crippen LogP contribution in [0.15, 0.2) is 12.1 Å². The minimum absolute atomic E-state index is 0.0297. The number of aliphatic hydroxyl groups is 1. The number of hydrogen-bond acceptors (Lipinski definition) is 3. The van der Waals surface area contributed by atoms with Crippen LogP contribution in [-0.2, 0) is 11.2 Å². The van der Waals surface area contributed by atoms with E-state index in [4.69, 9.17) is 11.6 Å². The molecule has 0 amide bonds. The smallest absolute Gasteiger partial charge is 0.166 e. The van der Waals surface area contributed by atoms with Gasteiger partial charge in [0.2, 0.25) is 0 Å². The first-order chi connectivity index (χ1) is 6.50. The Bertz CT molecular complexity index is 320. The van der Waals surface area contributed by atoms with Crippen molar-refractivity contribution in [2.75, 3.05) is 0 Å². The molecule has 2 nitrogen and oxygen atoms in total. The molecule has 1 heterocycles. The summed E-state index contributed by atoms with van der Waals surface area (Å²) in [4.78, 5) is 12.4. The van der Waals surface area contributed by atoms with Crippen molar-refractivity contribution < 1.29 is 9.90 Å². The maximum Gasteiger partial charge on any atom is 0.166 e. The zero-order valence-corrected chi connectivity index (χ0v) is 9.73. The van der Waals surface area contributed by atoms with Gasteiger partial charge < -0.3 is 5.11 Å². The summed E-state index contributed by atoms with van der Waals surface area (Å²) in [6.07, 6.45) is -0.590. The minimum Gasteiger partial charge on any atom is -0.385 e. The van der Waals surface area contributed by atoms with Gasteiger partial charge in [0.15, 0.2) is 5.78 Å². The van der Waals surface area contributed by atoms with Crippen LogP contribution in [0.3, 0.4) is 0 Å². The Morgan fingerprint density at radius 3 is 2.64 bits per heavy atom. The molecule has 0 aliphatic carbocycles. The first kappa shape index (κ1) is 11.7. The van der Waals surface area contributed by atoms with E-state index in [9.17, 15) is 9.90 Å². The molecule has 78 valence electrons. The van der Waals surface area contributed by atoms with Crippen molar-refractivity contribution in [2.24, 2.45) is 5.92 Å². The van der Waals surface area contributed by atoms with Gasteiger partial charge in [-0.15, -0.1) is 11.3 Å². The topological polar surface area (TPSA) is 37.3 Å². The molecule has 0 aromatic carbocycles. The molecule has 0 saturated carbocycles. The molecule has 0 radical (unpaired) electrons. The zero-order valence-electron chi connectivity index (χ0n) is 8.16. The number of carbonyl (C=O) groups is 1. The molecular weight excluding hydrogens is 220 g/mol. The standard InChI is InChI=1S/C10H13ClO2S/c1-6(2)10(13)8(12)5-7-3-4-9(11)14-7/h3-4,6,10,13H,5H2,1-2H3. The predicted octanol–water partition coefficient (Wildman–Crippen LogP) is 2.53. The third kappa shape index (κ3) is 3.08. The molecule has 1 N–H and O–H groups in total. The lowest BCUT2D eigenvalue weighted by Gasteiger charge is -2.11. The van der Waals surface area contributed by atoms with Crippen LogP contribution < -0.4 is 0 Å². The van der Waals surface area contributed by atoms with Crippen molar-refractivity contribution in [3.63, 3.8) is 0 Å². The summed E-state index contributed by atoms with van der Waals surface area (Å²) in [7, 11) is 0. The van der Waals surface area contributed by atoms with Crippen LogP contribution >= 0.6 is 22.9 Å². The summed E-state index contributed by atoms with van der Waals surface area (Å²) < 4.78 is 0.673. The third-order valence-electron chi connectivity index (χ3n) is 1.94. The highest BCUT2D eigenvalue weighted by atomic mass is 35.5. The first-order valence-electron chi connectivity index (χ1n) is 4.45. The minimum atomic E-state index is -0.865. The van der Waals surface area contributed by atoms with Crippen LogP contribution in [-0.4, -0.2) is 17.0 Å². The number of ketones is 1. The van der Waals surface area contributed by atoms with Crippen molar-refractivity contribution in [3.8, 4) is 0 Å². The van der Waals surface area contributed by atoms with Crippen molar-refractivity contribution in [1.29, 1.82) is 0 Å². The van der Waals surface area contributed by atoms with Crippen molar-refractivity contribution >= 4 is 28.7 Å². The van der Waals surface area contributed by atoms with Gasteiger partial charge in [-0.1, -0.05) is 25.4 Å².